The Kier molecular flexibility index (Phi) is 5.54. The van der Waals surface area contributed by atoms with E-state index >= 15 is 0 Å². The molecule has 0 atom stereocenters. The van der Waals surface area contributed by atoms with E-state index in [2.05, 4.69) is 15.3 Å². The molecule has 0 aliphatic carbocycles. The van der Waals surface area contributed by atoms with Crippen molar-refractivity contribution in [2.75, 3.05) is 25.6 Å². The third-order valence-electron chi connectivity index (χ3n) is 2.52. The first-order valence-electron chi connectivity index (χ1n) is 6.26. The molecule has 106 valence electrons. The number of esters is 1. The van der Waals surface area contributed by atoms with E-state index in [1.807, 2.05) is 6.92 Å². The summed E-state index contributed by atoms with van der Waals surface area (Å²) in [7, 11) is 1.38. The van der Waals surface area contributed by atoms with Gasteiger partial charge in [0.1, 0.15) is 5.82 Å². The molecule has 0 fully saturated rings. The summed E-state index contributed by atoms with van der Waals surface area (Å²) in [4.78, 5) is 19.8. The maximum Gasteiger partial charge on any atom is 0.313 e. The van der Waals surface area contributed by atoms with E-state index in [-0.39, 0.29) is 5.97 Å². The van der Waals surface area contributed by atoms with E-state index in [1.54, 1.807) is 26.2 Å². The highest BCUT2D eigenvalue weighted by Gasteiger charge is 2.28. The van der Waals surface area contributed by atoms with Crippen LogP contribution in [0.3, 0.4) is 0 Å². The molecule has 0 bridgehead atoms. The third kappa shape index (κ3) is 4.73. The van der Waals surface area contributed by atoms with Crippen molar-refractivity contribution in [1.29, 1.82) is 0 Å². The van der Waals surface area contributed by atoms with Gasteiger partial charge >= 0.3 is 5.97 Å². The first-order valence-corrected chi connectivity index (χ1v) is 6.26. The average molecular weight is 267 g/mol. The monoisotopic (exact) mass is 267 g/mol. The second-order valence-electron chi connectivity index (χ2n) is 4.82. The molecule has 6 nitrogen and oxygen atoms in total. The largest absolute Gasteiger partial charge is 0.477 e. The van der Waals surface area contributed by atoms with Gasteiger partial charge in [0.15, 0.2) is 0 Å². The number of methoxy groups -OCH3 is 1. The van der Waals surface area contributed by atoms with Crippen LogP contribution < -0.4 is 10.1 Å². The molecule has 0 aromatic carbocycles. The molecule has 1 heterocycles. The summed E-state index contributed by atoms with van der Waals surface area (Å²) >= 11 is 0. The van der Waals surface area contributed by atoms with Crippen molar-refractivity contribution in [1.82, 2.24) is 9.97 Å². The van der Waals surface area contributed by atoms with Gasteiger partial charge in [0.05, 0.1) is 31.5 Å². The number of carbonyl (C=O) groups excluding carboxylic acids is 1. The Hall–Kier alpha value is -1.85. The standard InChI is InChI=1S/C13H21N3O3/c1-5-6-19-11-8-14-7-10(16-11)15-9-13(2,3)12(17)18-4/h7-8H,5-6,9H2,1-4H3,(H,15,16). The SMILES string of the molecule is CCCOc1cncc(NCC(C)(C)C(=O)OC)n1. The first kappa shape index (κ1) is 15.2. The van der Waals surface area contributed by atoms with Gasteiger partial charge in [-0.25, -0.2) is 0 Å². The Morgan fingerprint density at radius 2 is 2.16 bits per heavy atom. The maximum absolute atomic E-state index is 11.5. The quantitative estimate of drug-likeness (QED) is 0.760. The van der Waals surface area contributed by atoms with Crippen molar-refractivity contribution in [2.45, 2.75) is 27.2 Å². The number of hydrogen-bond donors (Lipinski definition) is 1. The minimum Gasteiger partial charge on any atom is -0.477 e. The van der Waals surface area contributed by atoms with Crippen LogP contribution >= 0.6 is 0 Å². The van der Waals surface area contributed by atoms with Crippen LogP contribution in [0.4, 0.5) is 5.82 Å². The molecule has 0 unspecified atom stereocenters. The van der Waals surface area contributed by atoms with E-state index in [4.69, 9.17) is 9.47 Å². The van der Waals surface area contributed by atoms with E-state index in [1.165, 1.54) is 7.11 Å². The van der Waals surface area contributed by atoms with Crippen LogP contribution in [0, 0.1) is 5.41 Å². The molecule has 0 saturated heterocycles. The predicted molar refractivity (Wildman–Crippen MR) is 72.1 cm³/mol. The number of nitrogens with zero attached hydrogens (tertiary/aromatic N) is 2. The highest BCUT2D eigenvalue weighted by atomic mass is 16.5. The molecule has 19 heavy (non-hydrogen) atoms. The molecule has 1 N–H and O–H groups in total. The zero-order valence-electron chi connectivity index (χ0n) is 11.9. The van der Waals surface area contributed by atoms with Gasteiger partial charge in [0.2, 0.25) is 5.88 Å². The van der Waals surface area contributed by atoms with Crippen LogP contribution in [-0.2, 0) is 9.53 Å². The number of rotatable bonds is 7. The van der Waals surface area contributed by atoms with Gasteiger partial charge in [0.25, 0.3) is 0 Å². The molecule has 0 amide bonds. The molecule has 1 aromatic rings. The zero-order chi connectivity index (χ0) is 14.3. The van der Waals surface area contributed by atoms with E-state index in [9.17, 15) is 4.79 Å². The lowest BCUT2D eigenvalue weighted by Gasteiger charge is -2.21. The number of nitrogens with one attached hydrogen (secondary N) is 1. The lowest BCUT2D eigenvalue weighted by Crippen LogP contribution is -2.33. The minimum atomic E-state index is -0.628. The number of hydrogen-bond acceptors (Lipinski definition) is 6. The molecule has 0 aliphatic rings. The predicted octanol–water partition coefficient (Wildman–Crippen LogP) is 1.88. The number of ether oxygens (including phenoxy) is 2. The molecule has 0 aliphatic heterocycles. The Labute approximate surface area is 113 Å². The van der Waals surface area contributed by atoms with Gasteiger partial charge in [-0.3, -0.25) is 9.78 Å². The van der Waals surface area contributed by atoms with Crippen molar-refractivity contribution < 1.29 is 14.3 Å². The fourth-order valence-electron chi connectivity index (χ4n) is 1.37. The van der Waals surface area contributed by atoms with Crippen LogP contribution in [0.1, 0.15) is 27.2 Å². The Morgan fingerprint density at radius 3 is 2.79 bits per heavy atom. The second-order valence-corrected chi connectivity index (χ2v) is 4.82. The highest BCUT2D eigenvalue weighted by molar-refractivity contribution is 5.76. The van der Waals surface area contributed by atoms with Crippen molar-refractivity contribution in [2.24, 2.45) is 5.41 Å². The van der Waals surface area contributed by atoms with E-state index in [0.717, 1.165) is 6.42 Å². The van der Waals surface area contributed by atoms with Crippen LogP contribution in [0.25, 0.3) is 0 Å². The van der Waals surface area contributed by atoms with Crippen LogP contribution in [0.2, 0.25) is 0 Å². The Morgan fingerprint density at radius 1 is 1.42 bits per heavy atom. The maximum atomic E-state index is 11.5. The zero-order valence-corrected chi connectivity index (χ0v) is 11.9. The lowest BCUT2D eigenvalue weighted by atomic mass is 9.94. The Bertz CT molecular complexity index is 421. The van der Waals surface area contributed by atoms with Gasteiger partial charge in [-0.2, -0.15) is 4.98 Å². The van der Waals surface area contributed by atoms with Gasteiger partial charge in [-0.05, 0) is 20.3 Å². The summed E-state index contributed by atoms with van der Waals surface area (Å²) in [5.74, 6) is 0.777. The molecule has 1 aromatic heterocycles. The van der Waals surface area contributed by atoms with Crippen molar-refractivity contribution >= 4 is 11.8 Å². The van der Waals surface area contributed by atoms with Crippen molar-refractivity contribution in [3.8, 4) is 5.88 Å². The lowest BCUT2D eigenvalue weighted by molar-refractivity contribution is -0.149. The summed E-state index contributed by atoms with van der Waals surface area (Å²) in [5, 5.41) is 3.06. The fraction of sp³-hybridized carbons (Fsp3) is 0.615. The number of aromatic nitrogens is 2. The summed E-state index contributed by atoms with van der Waals surface area (Å²) in [6.07, 6.45) is 4.06. The topological polar surface area (TPSA) is 73.3 Å². The number of carbonyl (C=O) groups is 1. The normalized spacial score (nSPS) is 10.9. The molecule has 0 spiro atoms. The summed E-state index contributed by atoms with van der Waals surface area (Å²) in [5.41, 5.74) is -0.628. The molecule has 6 heteroatoms. The first-order chi connectivity index (χ1) is 8.99. The van der Waals surface area contributed by atoms with Crippen molar-refractivity contribution in [3.05, 3.63) is 12.4 Å². The smallest absolute Gasteiger partial charge is 0.313 e. The second kappa shape index (κ2) is 6.92. The van der Waals surface area contributed by atoms with Gasteiger partial charge in [0, 0.05) is 6.54 Å². The molecular formula is C13H21N3O3. The summed E-state index contributed by atoms with van der Waals surface area (Å²) < 4.78 is 10.1. The average Bonchev–Trinajstić information content (AvgIpc) is 2.42. The summed E-state index contributed by atoms with van der Waals surface area (Å²) in [6.45, 7) is 6.64. The van der Waals surface area contributed by atoms with E-state index < -0.39 is 5.41 Å². The van der Waals surface area contributed by atoms with Crippen molar-refractivity contribution in [3.63, 3.8) is 0 Å². The number of anilines is 1. The fourth-order valence-corrected chi connectivity index (χ4v) is 1.37. The third-order valence-corrected chi connectivity index (χ3v) is 2.52. The molecule has 1 rings (SSSR count). The van der Waals surface area contributed by atoms with Gasteiger partial charge in [-0.1, -0.05) is 6.92 Å². The minimum absolute atomic E-state index is 0.272. The van der Waals surface area contributed by atoms with E-state index in [0.29, 0.717) is 24.8 Å². The van der Waals surface area contributed by atoms with Gasteiger partial charge in [-0.15, -0.1) is 0 Å². The van der Waals surface area contributed by atoms with Gasteiger partial charge < -0.3 is 14.8 Å². The van der Waals surface area contributed by atoms with Crippen LogP contribution in [0.15, 0.2) is 12.4 Å². The Balaban J connectivity index is 2.60. The highest BCUT2D eigenvalue weighted by Crippen LogP contribution is 2.18. The molecular weight excluding hydrogens is 246 g/mol. The van der Waals surface area contributed by atoms with Crippen LogP contribution in [0.5, 0.6) is 5.88 Å². The molecule has 0 radical (unpaired) electrons. The van der Waals surface area contributed by atoms with Crippen LogP contribution in [-0.4, -0.2) is 36.2 Å². The summed E-state index contributed by atoms with van der Waals surface area (Å²) in [6, 6.07) is 0. The molecule has 0 saturated carbocycles.